The molecule has 0 bridgehead atoms. The molecular formula is C44H28N4. The first kappa shape index (κ1) is 28.8. The van der Waals surface area contributed by atoms with Crippen molar-refractivity contribution in [1.29, 1.82) is 0 Å². The third kappa shape index (κ3) is 5.62. The highest BCUT2D eigenvalue weighted by atomic mass is 15.0. The van der Waals surface area contributed by atoms with Crippen LogP contribution in [0.5, 0.6) is 0 Å². The zero-order valence-corrected chi connectivity index (χ0v) is 26.0. The molecule has 0 fully saturated rings. The second kappa shape index (κ2) is 12.6. The fraction of sp³-hybridized carbons (Fsp3) is 0. The molecule has 0 atom stereocenters. The van der Waals surface area contributed by atoms with E-state index >= 15 is 0 Å². The molecule has 8 rings (SSSR count). The minimum absolute atomic E-state index is 0.632. The maximum atomic E-state index is 7.36. The SMILES string of the molecule is [C-]#[N+]c1cccc(-c2ccc(-c3cccc4c(-c5cccc(-c6nc(-c7ccccc7)nc(-c7ccccc7)n6)c5)cccc34)cc2)c1. The van der Waals surface area contributed by atoms with Crippen LogP contribution >= 0.6 is 0 Å². The minimum atomic E-state index is 0.632. The van der Waals surface area contributed by atoms with Crippen molar-refractivity contribution in [2.24, 2.45) is 0 Å². The summed E-state index contributed by atoms with van der Waals surface area (Å²) < 4.78 is 0. The van der Waals surface area contributed by atoms with Gasteiger partial charge in [-0.15, -0.1) is 0 Å². The van der Waals surface area contributed by atoms with E-state index in [9.17, 15) is 0 Å². The summed E-state index contributed by atoms with van der Waals surface area (Å²) in [5.41, 5.74) is 10.1. The van der Waals surface area contributed by atoms with E-state index in [-0.39, 0.29) is 0 Å². The number of fused-ring (bicyclic) bond motifs is 1. The van der Waals surface area contributed by atoms with Gasteiger partial charge in [-0.05, 0) is 56.3 Å². The van der Waals surface area contributed by atoms with Gasteiger partial charge in [0.25, 0.3) is 0 Å². The molecule has 4 heteroatoms. The van der Waals surface area contributed by atoms with Crippen LogP contribution in [0.2, 0.25) is 0 Å². The highest BCUT2D eigenvalue weighted by molar-refractivity contribution is 6.04. The zero-order valence-electron chi connectivity index (χ0n) is 26.0. The molecule has 0 unspecified atom stereocenters. The summed E-state index contributed by atoms with van der Waals surface area (Å²) in [7, 11) is 0. The molecule has 224 valence electrons. The lowest BCUT2D eigenvalue weighted by Crippen LogP contribution is -2.00. The molecule has 0 aliphatic rings. The van der Waals surface area contributed by atoms with Crippen LogP contribution in [0.15, 0.2) is 170 Å². The van der Waals surface area contributed by atoms with Crippen LogP contribution in [0.25, 0.3) is 83.2 Å². The Balaban J connectivity index is 1.19. The molecular weight excluding hydrogens is 585 g/mol. The molecule has 0 radical (unpaired) electrons. The summed E-state index contributed by atoms with van der Waals surface area (Å²) in [6.45, 7) is 7.36. The number of hydrogen-bond donors (Lipinski definition) is 0. The summed E-state index contributed by atoms with van der Waals surface area (Å²) in [5.74, 6) is 1.92. The molecule has 48 heavy (non-hydrogen) atoms. The number of nitrogens with zero attached hydrogens (tertiary/aromatic N) is 4. The molecule has 8 aromatic rings. The lowest BCUT2D eigenvalue weighted by molar-refractivity contribution is 1.07. The summed E-state index contributed by atoms with van der Waals surface area (Å²) in [6.07, 6.45) is 0. The Hall–Kier alpha value is -6.70. The van der Waals surface area contributed by atoms with Crippen molar-refractivity contribution in [1.82, 2.24) is 15.0 Å². The Labute approximate surface area is 279 Å². The average Bonchev–Trinajstić information content (AvgIpc) is 3.18. The fourth-order valence-corrected chi connectivity index (χ4v) is 6.17. The largest absolute Gasteiger partial charge is 0.238 e. The molecule has 0 saturated carbocycles. The van der Waals surface area contributed by atoms with Crippen molar-refractivity contribution in [3.8, 4) is 67.5 Å². The summed E-state index contributed by atoms with van der Waals surface area (Å²) in [6, 6.07) is 57.9. The van der Waals surface area contributed by atoms with Crippen LogP contribution in [0.1, 0.15) is 0 Å². The summed E-state index contributed by atoms with van der Waals surface area (Å²) in [4.78, 5) is 18.3. The van der Waals surface area contributed by atoms with E-state index in [2.05, 4.69) is 89.8 Å². The quantitative estimate of drug-likeness (QED) is 0.175. The van der Waals surface area contributed by atoms with Crippen LogP contribution in [0.3, 0.4) is 0 Å². The van der Waals surface area contributed by atoms with Crippen LogP contribution in [-0.2, 0) is 0 Å². The van der Waals surface area contributed by atoms with Gasteiger partial charge >= 0.3 is 0 Å². The Kier molecular flexibility index (Phi) is 7.54. The molecule has 0 aliphatic carbocycles. The van der Waals surface area contributed by atoms with E-state index < -0.39 is 0 Å². The van der Waals surface area contributed by atoms with Crippen molar-refractivity contribution in [2.75, 3.05) is 0 Å². The van der Waals surface area contributed by atoms with E-state index in [1.165, 1.54) is 16.3 Å². The van der Waals surface area contributed by atoms with E-state index in [0.29, 0.717) is 23.2 Å². The number of benzene rings is 7. The first-order valence-corrected chi connectivity index (χ1v) is 15.8. The molecule has 0 saturated heterocycles. The Morgan fingerprint density at radius 2 is 0.792 bits per heavy atom. The van der Waals surface area contributed by atoms with Gasteiger partial charge in [-0.1, -0.05) is 158 Å². The molecule has 0 N–H and O–H groups in total. The van der Waals surface area contributed by atoms with Gasteiger partial charge in [-0.25, -0.2) is 19.8 Å². The van der Waals surface area contributed by atoms with Gasteiger partial charge in [0.05, 0.1) is 6.57 Å². The van der Waals surface area contributed by atoms with Crippen LogP contribution < -0.4 is 0 Å². The second-order valence-electron chi connectivity index (χ2n) is 11.6. The van der Waals surface area contributed by atoms with Gasteiger partial charge in [0, 0.05) is 16.7 Å². The smallest absolute Gasteiger partial charge is 0.187 e. The highest BCUT2D eigenvalue weighted by Gasteiger charge is 2.14. The van der Waals surface area contributed by atoms with E-state index in [1.807, 2.05) is 84.9 Å². The molecule has 7 aromatic carbocycles. The van der Waals surface area contributed by atoms with Gasteiger partial charge in [0.15, 0.2) is 23.2 Å². The predicted octanol–water partition coefficient (Wildman–Crippen LogP) is 11.6. The fourth-order valence-electron chi connectivity index (χ4n) is 6.17. The van der Waals surface area contributed by atoms with Crippen molar-refractivity contribution >= 4 is 16.5 Å². The molecule has 1 aromatic heterocycles. The monoisotopic (exact) mass is 612 g/mol. The molecule has 4 nitrogen and oxygen atoms in total. The molecule has 0 amide bonds. The third-order valence-corrected chi connectivity index (χ3v) is 8.56. The van der Waals surface area contributed by atoms with Crippen LogP contribution in [0, 0.1) is 6.57 Å². The van der Waals surface area contributed by atoms with Gasteiger partial charge in [0.2, 0.25) is 0 Å². The van der Waals surface area contributed by atoms with Gasteiger partial charge in [0.1, 0.15) is 0 Å². The Morgan fingerprint density at radius 1 is 0.333 bits per heavy atom. The van der Waals surface area contributed by atoms with Crippen LogP contribution in [0.4, 0.5) is 5.69 Å². The van der Waals surface area contributed by atoms with Gasteiger partial charge in [-0.3, -0.25) is 0 Å². The molecule has 0 spiro atoms. The maximum Gasteiger partial charge on any atom is 0.187 e. The van der Waals surface area contributed by atoms with Crippen molar-refractivity contribution in [3.63, 3.8) is 0 Å². The topological polar surface area (TPSA) is 43.0 Å². The van der Waals surface area contributed by atoms with E-state index in [1.54, 1.807) is 0 Å². The highest BCUT2D eigenvalue weighted by Crippen LogP contribution is 2.37. The summed E-state index contributed by atoms with van der Waals surface area (Å²) >= 11 is 0. The van der Waals surface area contributed by atoms with Crippen molar-refractivity contribution in [2.45, 2.75) is 0 Å². The normalized spacial score (nSPS) is 10.9. The minimum Gasteiger partial charge on any atom is -0.238 e. The molecule has 0 aliphatic heterocycles. The maximum absolute atomic E-state index is 7.36. The average molecular weight is 613 g/mol. The Bertz CT molecular complexity index is 2390. The van der Waals surface area contributed by atoms with Gasteiger partial charge < -0.3 is 0 Å². The molecule has 1 heterocycles. The lowest BCUT2D eigenvalue weighted by atomic mass is 9.92. The van der Waals surface area contributed by atoms with Crippen LogP contribution in [-0.4, -0.2) is 15.0 Å². The number of rotatable bonds is 6. The van der Waals surface area contributed by atoms with E-state index in [0.717, 1.165) is 44.5 Å². The Morgan fingerprint density at radius 3 is 1.40 bits per heavy atom. The third-order valence-electron chi connectivity index (χ3n) is 8.56. The predicted molar refractivity (Wildman–Crippen MR) is 196 cm³/mol. The van der Waals surface area contributed by atoms with Gasteiger partial charge in [-0.2, -0.15) is 0 Å². The van der Waals surface area contributed by atoms with E-state index in [4.69, 9.17) is 21.5 Å². The standard InChI is InChI=1S/C44H28N4/c1-45-37-19-9-16-34(29-37)30-24-26-31(27-25-30)38-20-10-23-41-39(21-11-22-40(38)41)35-17-8-18-36(28-35)44-47-42(32-12-4-2-5-13-32)46-43(48-44)33-14-6-3-7-15-33/h2-29H. The number of hydrogen-bond acceptors (Lipinski definition) is 3. The second-order valence-corrected chi connectivity index (χ2v) is 11.6. The first-order valence-electron chi connectivity index (χ1n) is 15.8. The summed E-state index contributed by atoms with van der Waals surface area (Å²) in [5, 5.41) is 2.35. The first-order chi connectivity index (χ1) is 23.7. The zero-order chi connectivity index (χ0) is 32.3. The van der Waals surface area contributed by atoms with Crippen molar-refractivity contribution < 1.29 is 0 Å². The number of aromatic nitrogens is 3. The lowest BCUT2D eigenvalue weighted by Gasteiger charge is -2.13. The van der Waals surface area contributed by atoms with Crippen molar-refractivity contribution in [3.05, 3.63) is 181 Å².